The summed E-state index contributed by atoms with van der Waals surface area (Å²) in [4.78, 5) is 25.2. The van der Waals surface area contributed by atoms with Gasteiger partial charge in [0.05, 0.1) is 23.2 Å². The van der Waals surface area contributed by atoms with Gasteiger partial charge in [0.1, 0.15) is 6.04 Å². The molecule has 0 radical (unpaired) electrons. The highest BCUT2D eigenvalue weighted by atomic mass is 32.2. The number of carbonyl (C=O) groups is 2. The van der Waals surface area contributed by atoms with Crippen molar-refractivity contribution in [3.8, 4) is 0 Å². The van der Waals surface area contributed by atoms with Gasteiger partial charge in [-0.05, 0) is 44.5 Å². The van der Waals surface area contributed by atoms with Crippen molar-refractivity contribution in [3.63, 3.8) is 0 Å². The van der Waals surface area contributed by atoms with Crippen LogP contribution in [-0.2, 0) is 14.8 Å². The molecule has 0 aliphatic rings. The third kappa shape index (κ3) is 5.80. The monoisotopic (exact) mass is 417 g/mol. The zero-order chi connectivity index (χ0) is 21.6. The highest BCUT2D eigenvalue weighted by Crippen LogP contribution is 2.23. The molecule has 0 bridgehead atoms. The van der Waals surface area contributed by atoms with E-state index >= 15 is 0 Å². The minimum absolute atomic E-state index is 0.297. The summed E-state index contributed by atoms with van der Waals surface area (Å²) in [5.41, 5.74) is 2.03. The fourth-order valence-electron chi connectivity index (χ4n) is 2.86. The van der Waals surface area contributed by atoms with E-state index in [0.29, 0.717) is 23.5 Å². The number of anilines is 2. The summed E-state index contributed by atoms with van der Waals surface area (Å²) in [6.45, 7) is 5.87. The Labute approximate surface area is 172 Å². The minimum Gasteiger partial charge on any atom is -0.352 e. The van der Waals surface area contributed by atoms with E-state index in [-0.39, 0.29) is 5.91 Å². The first-order chi connectivity index (χ1) is 13.6. The van der Waals surface area contributed by atoms with Crippen LogP contribution in [-0.4, -0.2) is 39.1 Å². The number of aryl methyl sites for hydroxylation is 1. The molecule has 2 aromatic carbocycles. The maximum absolute atomic E-state index is 12.9. The third-order valence-corrected chi connectivity index (χ3v) is 5.58. The Morgan fingerprint density at radius 3 is 2.28 bits per heavy atom. The lowest BCUT2D eigenvalue weighted by Crippen LogP contribution is -2.45. The lowest BCUT2D eigenvalue weighted by Gasteiger charge is -2.28. The van der Waals surface area contributed by atoms with Crippen LogP contribution in [0.15, 0.2) is 48.5 Å². The molecule has 8 heteroatoms. The first kappa shape index (κ1) is 22.4. The standard InChI is InChI=1S/C21H27N3O4S/c1-5-14-22-21(26)18-8-6-7-9-19(18)23-20(25)16(3)24(29(4,27)28)17-12-10-15(2)11-13-17/h6-13,16H,5,14H2,1-4H3,(H,22,26)(H,23,25)/t16-/m0/s1. The van der Waals surface area contributed by atoms with E-state index in [0.717, 1.165) is 22.5 Å². The van der Waals surface area contributed by atoms with Crippen LogP contribution in [0.4, 0.5) is 11.4 Å². The predicted octanol–water partition coefficient (Wildman–Crippen LogP) is 2.93. The van der Waals surface area contributed by atoms with Crippen molar-refractivity contribution in [1.82, 2.24) is 5.32 Å². The molecule has 2 N–H and O–H groups in total. The highest BCUT2D eigenvalue weighted by molar-refractivity contribution is 7.92. The van der Waals surface area contributed by atoms with Crippen molar-refractivity contribution in [2.45, 2.75) is 33.2 Å². The highest BCUT2D eigenvalue weighted by Gasteiger charge is 2.29. The van der Waals surface area contributed by atoms with E-state index < -0.39 is 22.0 Å². The van der Waals surface area contributed by atoms with Gasteiger partial charge in [-0.3, -0.25) is 13.9 Å². The Hall–Kier alpha value is -2.87. The zero-order valence-corrected chi connectivity index (χ0v) is 17.9. The molecule has 0 spiro atoms. The van der Waals surface area contributed by atoms with Gasteiger partial charge in [0, 0.05) is 6.54 Å². The lowest BCUT2D eigenvalue weighted by molar-refractivity contribution is -0.116. The molecule has 0 fully saturated rings. The molecule has 0 aliphatic carbocycles. The summed E-state index contributed by atoms with van der Waals surface area (Å²) >= 11 is 0. The van der Waals surface area contributed by atoms with Gasteiger partial charge in [-0.1, -0.05) is 36.8 Å². The van der Waals surface area contributed by atoms with Crippen LogP contribution in [0, 0.1) is 6.92 Å². The van der Waals surface area contributed by atoms with Crippen LogP contribution in [0.2, 0.25) is 0 Å². The molecule has 2 amide bonds. The quantitative estimate of drug-likeness (QED) is 0.690. The summed E-state index contributed by atoms with van der Waals surface area (Å²) in [5, 5.41) is 5.47. The molecular weight excluding hydrogens is 390 g/mol. The fraction of sp³-hybridized carbons (Fsp3) is 0.333. The number of amides is 2. The molecule has 0 unspecified atom stereocenters. The van der Waals surface area contributed by atoms with Crippen LogP contribution < -0.4 is 14.9 Å². The van der Waals surface area contributed by atoms with Crippen LogP contribution >= 0.6 is 0 Å². The zero-order valence-electron chi connectivity index (χ0n) is 17.1. The fourth-order valence-corrected chi connectivity index (χ4v) is 4.04. The number of carbonyl (C=O) groups excluding carboxylic acids is 2. The summed E-state index contributed by atoms with van der Waals surface area (Å²) in [5.74, 6) is -0.833. The van der Waals surface area contributed by atoms with Gasteiger partial charge in [0.2, 0.25) is 15.9 Å². The van der Waals surface area contributed by atoms with Crippen molar-refractivity contribution < 1.29 is 18.0 Å². The molecule has 7 nitrogen and oxygen atoms in total. The summed E-state index contributed by atoms with van der Waals surface area (Å²) in [7, 11) is -3.71. The molecular formula is C21H27N3O4S. The van der Waals surface area contributed by atoms with E-state index in [1.807, 2.05) is 13.8 Å². The summed E-state index contributed by atoms with van der Waals surface area (Å²) < 4.78 is 25.9. The second-order valence-electron chi connectivity index (χ2n) is 6.86. The van der Waals surface area contributed by atoms with Crippen molar-refractivity contribution in [2.75, 3.05) is 22.4 Å². The molecule has 2 aromatic rings. The first-order valence-electron chi connectivity index (χ1n) is 9.39. The van der Waals surface area contributed by atoms with Crippen LogP contribution in [0.1, 0.15) is 36.2 Å². The molecule has 0 aliphatic heterocycles. The van der Waals surface area contributed by atoms with Gasteiger partial charge >= 0.3 is 0 Å². The van der Waals surface area contributed by atoms with E-state index in [2.05, 4.69) is 10.6 Å². The number of hydrogen-bond acceptors (Lipinski definition) is 4. The van der Waals surface area contributed by atoms with E-state index in [1.54, 1.807) is 48.5 Å². The Morgan fingerprint density at radius 1 is 1.07 bits per heavy atom. The molecule has 0 saturated heterocycles. The van der Waals surface area contributed by atoms with Crippen LogP contribution in [0.25, 0.3) is 0 Å². The van der Waals surface area contributed by atoms with E-state index in [9.17, 15) is 18.0 Å². The van der Waals surface area contributed by atoms with Gasteiger partial charge in [-0.25, -0.2) is 8.42 Å². The number of sulfonamides is 1. The van der Waals surface area contributed by atoms with Crippen LogP contribution in [0.3, 0.4) is 0 Å². The van der Waals surface area contributed by atoms with Crippen molar-refractivity contribution >= 4 is 33.2 Å². The van der Waals surface area contributed by atoms with Crippen molar-refractivity contribution in [1.29, 1.82) is 0 Å². The third-order valence-electron chi connectivity index (χ3n) is 4.34. The van der Waals surface area contributed by atoms with Gasteiger partial charge in [0.25, 0.3) is 5.91 Å². The first-order valence-corrected chi connectivity index (χ1v) is 11.2. The Kier molecular flexibility index (Phi) is 7.39. The molecule has 156 valence electrons. The van der Waals surface area contributed by atoms with Crippen molar-refractivity contribution in [3.05, 3.63) is 59.7 Å². The molecule has 0 heterocycles. The summed E-state index contributed by atoms with van der Waals surface area (Å²) in [6, 6.07) is 12.5. The van der Waals surface area contributed by atoms with Gasteiger partial charge < -0.3 is 10.6 Å². The Balaban J connectivity index is 2.29. The molecule has 1 atom stereocenters. The number of para-hydroxylation sites is 1. The second-order valence-corrected chi connectivity index (χ2v) is 8.72. The number of nitrogens with zero attached hydrogens (tertiary/aromatic N) is 1. The lowest BCUT2D eigenvalue weighted by atomic mass is 10.1. The molecule has 29 heavy (non-hydrogen) atoms. The molecule has 2 rings (SSSR count). The van der Waals surface area contributed by atoms with E-state index in [1.165, 1.54) is 6.92 Å². The average molecular weight is 418 g/mol. The number of hydrogen-bond donors (Lipinski definition) is 2. The van der Waals surface area contributed by atoms with Crippen LogP contribution in [0.5, 0.6) is 0 Å². The Morgan fingerprint density at radius 2 is 1.69 bits per heavy atom. The number of rotatable bonds is 8. The van der Waals surface area contributed by atoms with Gasteiger partial charge in [-0.15, -0.1) is 0 Å². The number of benzene rings is 2. The van der Waals surface area contributed by atoms with Gasteiger partial charge in [0.15, 0.2) is 0 Å². The normalized spacial score (nSPS) is 12.1. The summed E-state index contributed by atoms with van der Waals surface area (Å²) in [6.07, 6.45) is 1.85. The van der Waals surface area contributed by atoms with E-state index in [4.69, 9.17) is 0 Å². The molecule has 0 saturated carbocycles. The second kappa shape index (κ2) is 9.56. The SMILES string of the molecule is CCCNC(=O)c1ccccc1NC(=O)[C@H](C)N(c1ccc(C)cc1)S(C)(=O)=O. The van der Waals surface area contributed by atoms with Crippen molar-refractivity contribution in [2.24, 2.45) is 0 Å². The molecule has 0 aromatic heterocycles. The number of nitrogens with one attached hydrogen (secondary N) is 2. The predicted molar refractivity (Wildman–Crippen MR) is 116 cm³/mol. The topological polar surface area (TPSA) is 95.6 Å². The largest absolute Gasteiger partial charge is 0.352 e. The maximum atomic E-state index is 12.9. The smallest absolute Gasteiger partial charge is 0.253 e. The Bertz CT molecular complexity index is 972. The van der Waals surface area contributed by atoms with Gasteiger partial charge in [-0.2, -0.15) is 0 Å². The average Bonchev–Trinajstić information content (AvgIpc) is 2.67. The maximum Gasteiger partial charge on any atom is 0.253 e. The minimum atomic E-state index is -3.71.